The Labute approximate surface area is 172 Å². The molecular formula is C21H22N6OS. The molecule has 0 atom stereocenters. The number of rotatable bonds is 2. The number of allylic oxidation sites excluding steroid dienone is 1. The highest BCUT2D eigenvalue weighted by molar-refractivity contribution is 7.20. The summed E-state index contributed by atoms with van der Waals surface area (Å²) in [5.41, 5.74) is 10.1. The molecule has 29 heavy (non-hydrogen) atoms. The summed E-state index contributed by atoms with van der Waals surface area (Å²) in [5.74, 6) is 1.06. The van der Waals surface area contributed by atoms with Crippen molar-refractivity contribution >= 4 is 50.3 Å². The van der Waals surface area contributed by atoms with E-state index < -0.39 is 0 Å². The Bertz CT molecular complexity index is 1230. The molecule has 0 amide bonds. The smallest absolute Gasteiger partial charge is 0.283 e. The van der Waals surface area contributed by atoms with Crippen molar-refractivity contribution < 1.29 is 0 Å². The number of nitrogens with two attached hydrogens (primary N) is 1. The van der Waals surface area contributed by atoms with Crippen molar-refractivity contribution in [3.8, 4) is 0 Å². The fraction of sp³-hybridized carbons (Fsp3) is 0.333. The Morgan fingerprint density at radius 2 is 2.00 bits per heavy atom. The molecule has 1 fully saturated rings. The van der Waals surface area contributed by atoms with E-state index in [2.05, 4.69) is 26.9 Å². The molecule has 1 saturated heterocycles. The van der Waals surface area contributed by atoms with Crippen molar-refractivity contribution in [1.82, 2.24) is 14.6 Å². The average molecular weight is 407 g/mol. The normalized spacial score (nSPS) is 18.5. The van der Waals surface area contributed by atoms with Gasteiger partial charge in [0, 0.05) is 29.9 Å². The second-order valence-electron chi connectivity index (χ2n) is 7.74. The van der Waals surface area contributed by atoms with Gasteiger partial charge < -0.3 is 10.6 Å². The minimum Gasteiger partial charge on any atom is -0.383 e. The first kappa shape index (κ1) is 18.1. The number of para-hydroxylation sites is 1. The second kappa shape index (κ2) is 6.81. The molecule has 0 radical (unpaired) electrons. The maximum absolute atomic E-state index is 12.8. The van der Waals surface area contributed by atoms with Gasteiger partial charge in [0.05, 0.1) is 11.3 Å². The third kappa shape index (κ3) is 3.04. The van der Waals surface area contributed by atoms with Gasteiger partial charge in [-0.05, 0) is 37.8 Å². The highest BCUT2D eigenvalue weighted by Crippen LogP contribution is 2.36. The predicted octanol–water partition coefficient (Wildman–Crippen LogP) is 3.62. The van der Waals surface area contributed by atoms with Crippen LogP contribution in [-0.4, -0.2) is 33.4 Å². The highest BCUT2D eigenvalue weighted by Gasteiger charge is 2.22. The van der Waals surface area contributed by atoms with Crippen LogP contribution in [-0.2, 0) is 0 Å². The van der Waals surface area contributed by atoms with E-state index in [0.29, 0.717) is 16.3 Å². The summed E-state index contributed by atoms with van der Waals surface area (Å²) in [5, 5.41) is 5.54. The maximum atomic E-state index is 12.8. The van der Waals surface area contributed by atoms with Gasteiger partial charge in [-0.2, -0.15) is 9.50 Å². The quantitative estimate of drug-likeness (QED) is 0.702. The standard InChI is InChI=1S/C21H22N6OS/c1-12-7-9-26(10-8-12)21-25-27-18(22)16(19(28)24-20(27)29-21)11-15-13(2)23-17-6-4-3-5-14(15)17/h3-6,11-12H,7-10,22H2,1-2H3/b15-11+. The average Bonchev–Trinajstić information content (AvgIpc) is 3.26. The number of hydrogen-bond acceptors (Lipinski definition) is 7. The van der Waals surface area contributed by atoms with E-state index >= 15 is 0 Å². The summed E-state index contributed by atoms with van der Waals surface area (Å²) in [4.78, 5) is 24.4. The van der Waals surface area contributed by atoms with Crippen LogP contribution in [0.25, 0.3) is 16.6 Å². The number of hydrogen-bond donors (Lipinski definition) is 1. The van der Waals surface area contributed by atoms with E-state index in [9.17, 15) is 4.79 Å². The lowest BCUT2D eigenvalue weighted by molar-refractivity contribution is 0.437. The van der Waals surface area contributed by atoms with Gasteiger partial charge in [-0.25, -0.2) is 0 Å². The molecule has 3 aromatic rings. The second-order valence-corrected chi connectivity index (χ2v) is 8.67. The molecule has 148 valence electrons. The monoisotopic (exact) mass is 406 g/mol. The van der Waals surface area contributed by atoms with Crippen molar-refractivity contribution in [3.05, 3.63) is 45.7 Å². The summed E-state index contributed by atoms with van der Waals surface area (Å²) in [6.45, 7) is 6.15. The Balaban J connectivity index is 1.59. The molecule has 0 spiro atoms. The van der Waals surface area contributed by atoms with Gasteiger partial charge >= 0.3 is 0 Å². The van der Waals surface area contributed by atoms with Crippen LogP contribution in [0.2, 0.25) is 0 Å². The molecule has 0 aliphatic carbocycles. The summed E-state index contributed by atoms with van der Waals surface area (Å²) in [6.07, 6.45) is 4.08. The SMILES string of the molecule is CC1=Nc2ccccc2/C1=C/c1c(N)n2nc(N3CCC(C)CC3)sc2nc1=O. The summed E-state index contributed by atoms with van der Waals surface area (Å²) in [6, 6.07) is 7.88. The van der Waals surface area contributed by atoms with Gasteiger partial charge in [0.2, 0.25) is 10.1 Å². The minimum atomic E-state index is -0.338. The largest absolute Gasteiger partial charge is 0.383 e. The van der Waals surface area contributed by atoms with E-state index in [1.807, 2.05) is 31.2 Å². The van der Waals surface area contributed by atoms with E-state index in [4.69, 9.17) is 5.73 Å². The summed E-state index contributed by atoms with van der Waals surface area (Å²) < 4.78 is 1.60. The Hall–Kier alpha value is -3.00. The van der Waals surface area contributed by atoms with E-state index in [1.54, 1.807) is 10.6 Å². The molecule has 5 rings (SSSR count). The molecule has 2 N–H and O–H groups in total. The number of benzene rings is 1. The molecule has 7 nitrogen and oxygen atoms in total. The molecule has 2 aliphatic rings. The zero-order valence-corrected chi connectivity index (χ0v) is 17.2. The number of piperidine rings is 1. The molecule has 0 bridgehead atoms. The van der Waals surface area contributed by atoms with Crippen LogP contribution in [0.1, 0.15) is 37.8 Å². The van der Waals surface area contributed by atoms with Crippen molar-refractivity contribution in [2.45, 2.75) is 26.7 Å². The molecule has 1 aromatic carbocycles. The lowest BCUT2D eigenvalue weighted by Crippen LogP contribution is -2.32. The molecular weight excluding hydrogens is 384 g/mol. The third-order valence-corrected chi connectivity index (χ3v) is 6.67. The molecule has 2 aromatic heterocycles. The van der Waals surface area contributed by atoms with E-state index in [1.165, 1.54) is 11.3 Å². The number of anilines is 2. The van der Waals surface area contributed by atoms with Crippen molar-refractivity contribution in [3.63, 3.8) is 0 Å². The van der Waals surface area contributed by atoms with Gasteiger partial charge in [0.1, 0.15) is 5.82 Å². The lowest BCUT2D eigenvalue weighted by Gasteiger charge is -2.29. The van der Waals surface area contributed by atoms with Crippen LogP contribution in [0.4, 0.5) is 16.6 Å². The first-order valence-electron chi connectivity index (χ1n) is 9.82. The van der Waals surface area contributed by atoms with Crippen LogP contribution in [0.3, 0.4) is 0 Å². The highest BCUT2D eigenvalue weighted by atomic mass is 32.1. The number of aromatic nitrogens is 3. The number of nitrogens with zero attached hydrogens (tertiary/aromatic N) is 5. The minimum absolute atomic E-state index is 0.317. The number of nitrogen functional groups attached to an aromatic ring is 1. The third-order valence-electron chi connectivity index (χ3n) is 5.70. The fourth-order valence-corrected chi connectivity index (χ4v) is 4.85. The van der Waals surface area contributed by atoms with E-state index in [-0.39, 0.29) is 5.56 Å². The first-order valence-corrected chi connectivity index (χ1v) is 10.6. The maximum Gasteiger partial charge on any atom is 0.283 e. The van der Waals surface area contributed by atoms with Gasteiger partial charge in [0.15, 0.2) is 0 Å². The Morgan fingerprint density at radius 3 is 2.79 bits per heavy atom. The summed E-state index contributed by atoms with van der Waals surface area (Å²) >= 11 is 1.42. The van der Waals surface area contributed by atoms with Crippen LogP contribution in [0.5, 0.6) is 0 Å². The van der Waals surface area contributed by atoms with E-state index in [0.717, 1.165) is 59.5 Å². The predicted molar refractivity (Wildman–Crippen MR) is 119 cm³/mol. The molecule has 2 aliphatic heterocycles. The zero-order chi connectivity index (χ0) is 20.1. The first-order chi connectivity index (χ1) is 14.0. The zero-order valence-electron chi connectivity index (χ0n) is 16.4. The molecule has 0 unspecified atom stereocenters. The van der Waals surface area contributed by atoms with Gasteiger partial charge in [0.25, 0.3) is 5.56 Å². The Kier molecular flexibility index (Phi) is 4.24. The van der Waals surface area contributed by atoms with Gasteiger partial charge in [-0.1, -0.05) is 36.5 Å². The van der Waals surface area contributed by atoms with Crippen molar-refractivity contribution in [1.29, 1.82) is 0 Å². The van der Waals surface area contributed by atoms with Crippen LogP contribution < -0.4 is 16.2 Å². The summed E-state index contributed by atoms with van der Waals surface area (Å²) in [7, 11) is 0. The van der Waals surface area contributed by atoms with Crippen LogP contribution >= 0.6 is 11.3 Å². The fourth-order valence-electron chi connectivity index (χ4n) is 3.90. The van der Waals surface area contributed by atoms with Gasteiger partial charge in [-0.3, -0.25) is 9.79 Å². The lowest BCUT2D eigenvalue weighted by atomic mass is 10.00. The molecule has 0 saturated carbocycles. The van der Waals surface area contributed by atoms with Crippen LogP contribution in [0, 0.1) is 5.92 Å². The Morgan fingerprint density at radius 1 is 1.24 bits per heavy atom. The van der Waals surface area contributed by atoms with Crippen molar-refractivity contribution in [2.75, 3.05) is 23.7 Å². The molecule has 8 heteroatoms. The topological polar surface area (TPSA) is 88.9 Å². The van der Waals surface area contributed by atoms with Crippen molar-refractivity contribution in [2.24, 2.45) is 10.9 Å². The number of fused-ring (bicyclic) bond motifs is 2. The van der Waals surface area contributed by atoms with Crippen LogP contribution in [0.15, 0.2) is 34.1 Å². The molecule has 4 heterocycles. The number of aliphatic imine (C=N–C) groups is 1. The van der Waals surface area contributed by atoms with Gasteiger partial charge in [-0.15, -0.1) is 5.10 Å².